The van der Waals surface area contributed by atoms with E-state index in [0.717, 1.165) is 32.3 Å². The van der Waals surface area contributed by atoms with E-state index in [9.17, 15) is 9.59 Å². The summed E-state index contributed by atoms with van der Waals surface area (Å²) in [5.41, 5.74) is 0.893. The van der Waals surface area contributed by atoms with Crippen molar-refractivity contribution in [2.24, 2.45) is 0 Å². The minimum Gasteiger partial charge on any atom is -0.386 e. The number of ether oxygens (including phenoxy) is 1. The van der Waals surface area contributed by atoms with Gasteiger partial charge in [-0.1, -0.05) is 75.5 Å². The molecule has 0 saturated heterocycles. The fourth-order valence-corrected chi connectivity index (χ4v) is 6.50. The van der Waals surface area contributed by atoms with Gasteiger partial charge < -0.3 is 4.74 Å². The number of benzene rings is 8. The minimum absolute atomic E-state index is 0. The Kier molecular flexibility index (Phi) is 8.22. The molecular weight excluding hydrogens is 658 g/mol. The molecule has 5 heteroatoms. The number of hydrogen-bond acceptors (Lipinski definition) is 3. The number of fused-ring (bicyclic) bond motifs is 4. The second-order valence-electron chi connectivity index (χ2n) is 9.35. The first-order valence-corrected chi connectivity index (χ1v) is 13.5. The molecule has 0 bridgehead atoms. The number of esters is 2. The van der Waals surface area contributed by atoms with E-state index in [1.165, 1.54) is 37.7 Å². The minimum atomic E-state index is -0.583. The zero-order valence-electron chi connectivity index (χ0n) is 23.3. The number of carbonyl (C=O) groups is 2. The molecule has 0 saturated carbocycles. The van der Waals surface area contributed by atoms with E-state index < -0.39 is 11.9 Å². The van der Waals surface area contributed by atoms with Gasteiger partial charge in [0.15, 0.2) is 0 Å². The molecule has 8 aromatic carbocycles. The molecule has 0 N–H and O–H groups in total. The second kappa shape index (κ2) is 11.3. The van der Waals surface area contributed by atoms with Gasteiger partial charge in [0, 0.05) is 70.8 Å². The van der Waals surface area contributed by atoms with Crippen molar-refractivity contribution >= 4 is 87.3 Å². The fraction of sp³-hybridized carbons (Fsp3) is 0.111. The summed E-state index contributed by atoms with van der Waals surface area (Å²) in [6, 6.07) is 31.3. The molecule has 0 fully saturated rings. The van der Waals surface area contributed by atoms with Crippen molar-refractivity contribution in [2.75, 3.05) is 0 Å². The van der Waals surface area contributed by atoms with Crippen molar-refractivity contribution in [3.63, 3.8) is 0 Å². The van der Waals surface area contributed by atoms with Crippen LogP contribution in [-0.4, -0.2) is 11.9 Å². The van der Waals surface area contributed by atoms with Crippen LogP contribution < -0.4 is 0 Å². The zero-order chi connectivity index (χ0) is 27.0. The Balaban J connectivity index is 0.000000541. The fourth-order valence-electron chi connectivity index (χ4n) is 6.50. The van der Waals surface area contributed by atoms with Gasteiger partial charge in [0.2, 0.25) is 0 Å². The Morgan fingerprint density at radius 2 is 0.756 bits per heavy atom. The van der Waals surface area contributed by atoms with Gasteiger partial charge >= 0.3 is 11.9 Å². The van der Waals surface area contributed by atoms with Crippen molar-refractivity contribution in [1.82, 2.24) is 0 Å². The Morgan fingerprint density at radius 3 is 1.15 bits per heavy atom. The molecule has 1 aliphatic heterocycles. The van der Waals surface area contributed by atoms with Gasteiger partial charge in [0.1, 0.15) is 0 Å². The van der Waals surface area contributed by atoms with Crippen molar-refractivity contribution in [1.29, 1.82) is 0 Å². The largest absolute Gasteiger partial charge is 0.386 e. The van der Waals surface area contributed by atoms with Crippen molar-refractivity contribution < 1.29 is 79.7 Å². The number of rotatable bonds is 0. The molecule has 0 unspecified atom stereocenters. The van der Waals surface area contributed by atoms with Gasteiger partial charge in [-0.2, -0.15) is 16.8 Å². The summed E-state index contributed by atoms with van der Waals surface area (Å²) < 4.78 is 4.99. The molecule has 1 aliphatic rings. The van der Waals surface area contributed by atoms with Crippen LogP contribution in [0.5, 0.6) is 0 Å². The van der Waals surface area contributed by atoms with Gasteiger partial charge in [-0.05, 0) is 60.6 Å². The van der Waals surface area contributed by atoms with Crippen LogP contribution in [0.2, 0.25) is 0 Å². The van der Waals surface area contributed by atoms with Crippen LogP contribution in [0.25, 0.3) is 75.4 Å². The van der Waals surface area contributed by atoms with Crippen LogP contribution in [-0.2, 0) is 70.2 Å². The molecule has 0 atom stereocenters. The first kappa shape index (κ1) is 29.9. The van der Waals surface area contributed by atoms with E-state index in [1.807, 2.05) is 52.0 Å². The normalized spacial score (nSPS) is 12.3. The maximum Gasteiger partial charge on any atom is 0.346 e. The van der Waals surface area contributed by atoms with Crippen LogP contribution in [0.1, 0.15) is 48.4 Å². The smallest absolute Gasteiger partial charge is 0.346 e. The third kappa shape index (κ3) is 3.93. The van der Waals surface area contributed by atoms with Gasteiger partial charge in [0.05, 0.1) is 11.1 Å². The molecule has 0 aromatic heterocycles. The molecule has 0 aliphatic carbocycles. The average molecular weight is 682 g/mol. The monoisotopic (exact) mass is 682 g/mol. The van der Waals surface area contributed by atoms with Crippen molar-refractivity contribution in [3.05, 3.63) is 96.1 Å². The molecule has 0 amide bonds. The molecule has 194 valence electrons. The van der Waals surface area contributed by atoms with Crippen LogP contribution in [0, 0.1) is 12.1 Å². The predicted octanol–water partition coefficient (Wildman–Crippen LogP) is 9.59. The maximum atomic E-state index is 12.5. The average Bonchev–Trinajstić information content (AvgIpc) is 3.00. The molecule has 1 heterocycles. The summed E-state index contributed by atoms with van der Waals surface area (Å²) in [4.78, 5) is 25.1. The first-order chi connectivity index (χ1) is 19.2. The van der Waals surface area contributed by atoms with E-state index >= 15 is 0 Å². The van der Waals surface area contributed by atoms with Gasteiger partial charge in [-0.15, -0.1) is 0 Å². The quantitative estimate of drug-likeness (QED) is 0.0526. The van der Waals surface area contributed by atoms with E-state index in [2.05, 4.69) is 48.5 Å². The molecule has 41 heavy (non-hydrogen) atoms. The summed E-state index contributed by atoms with van der Waals surface area (Å²) >= 11 is 0. The van der Waals surface area contributed by atoms with E-state index in [1.54, 1.807) is 12.1 Å². The Morgan fingerprint density at radius 1 is 0.439 bits per heavy atom. The second-order valence-corrected chi connectivity index (χ2v) is 9.35. The third-order valence-corrected chi connectivity index (χ3v) is 7.85. The Bertz CT molecular complexity index is 2140. The van der Waals surface area contributed by atoms with Crippen molar-refractivity contribution in [3.8, 4) is 0 Å². The van der Waals surface area contributed by atoms with E-state index in [4.69, 9.17) is 4.74 Å². The molecule has 0 spiro atoms. The Labute approximate surface area is 288 Å². The molecule has 9 rings (SSSR count). The van der Waals surface area contributed by atoms with Gasteiger partial charge in [0.25, 0.3) is 0 Å². The predicted molar refractivity (Wildman–Crippen MR) is 161 cm³/mol. The summed E-state index contributed by atoms with van der Waals surface area (Å²) in [6.07, 6.45) is 0. The topological polar surface area (TPSA) is 43.4 Å². The SMILES string of the molecule is CC.CC.O=C1OC(=O)c2ccc3c4ccc5c6cc[c-]c7[c-]ccc(c8ccc(c9ccc1c2c93)c4c85)c76.[Y].[Y]. The van der Waals surface area contributed by atoms with Gasteiger partial charge in [-0.25, -0.2) is 21.7 Å². The summed E-state index contributed by atoms with van der Waals surface area (Å²) in [5.74, 6) is -1.17. The standard InChI is InChI=1S/C32H12O3.2C2H6.2Y/c33-31-24-13-11-22-20-9-7-18-16-5-1-3-15-4-2-6-17(26(15)16)19-8-10-21(28(20)27(18)19)23-12-14-25(32(34)35-31)30(24)29(22)23;2*1-2;;/h1-2,5-14H;2*1-2H3;;/q-2;;;;. The van der Waals surface area contributed by atoms with Crippen LogP contribution >= 0.6 is 0 Å². The number of carbonyl (C=O) groups excluding carboxylic acids is 2. The first-order valence-electron chi connectivity index (χ1n) is 13.5. The zero-order valence-corrected chi connectivity index (χ0v) is 29.0. The molecule has 8 aromatic rings. The van der Waals surface area contributed by atoms with Crippen LogP contribution in [0.15, 0.2) is 72.8 Å². The summed E-state index contributed by atoms with van der Waals surface area (Å²) in [5, 5.41) is 15.4. The van der Waals surface area contributed by atoms with E-state index in [-0.39, 0.29) is 65.4 Å². The maximum absolute atomic E-state index is 12.5. The van der Waals surface area contributed by atoms with Crippen LogP contribution in [0.3, 0.4) is 0 Å². The summed E-state index contributed by atoms with van der Waals surface area (Å²) in [7, 11) is 0. The van der Waals surface area contributed by atoms with E-state index in [0.29, 0.717) is 16.5 Å². The molecule has 2 radical (unpaired) electrons. The third-order valence-electron chi connectivity index (χ3n) is 7.85. The molecule has 3 nitrogen and oxygen atoms in total. The summed E-state index contributed by atoms with van der Waals surface area (Å²) in [6.45, 7) is 8.00. The van der Waals surface area contributed by atoms with Crippen LogP contribution in [0.4, 0.5) is 0 Å². The van der Waals surface area contributed by atoms with Crippen molar-refractivity contribution in [2.45, 2.75) is 27.7 Å². The molecular formula is C36H24O3Y2-2. The number of hydrogen-bond donors (Lipinski definition) is 0. The Hall–Kier alpha value is -2.55. The number of cyclic esters (lactones) is 2. The van der Waals surface area contributed by atoms with Gasteiger partial charge in [-0.3, -0.25) is 17.5 Å².